The lowest BCUT2D eigenvalue weighted by Gasteiger charge is -2.28. The highest BCUT2D eigenvalue weighted by molar-refractivity contribution is 7.89. The molecule has 0 spiro atoms. The zero-order valence-electron chi connectivity index (χ0n) is 16.7. The second-order valence-corrected chi connectivity index (χ2v) is 10.0. The van der Waals surface area contributed by atoms with Crippen LogP contribution in [0.3, 0.4) is 0 Å². The number of amides is 2. The highest BCUT2D eigenvalue weighted by Crippen LogP contribution is 2.41. The van der Waals surface area contributed by atoms with Crippen molar-refractivity contribution >= 4 is 21.8 Å². The van der Waals surface area contributed by atoms with Crippen LogP contribution in [0.1, 0.15) is 42.9 Å². The van der Waals surface area contributed by atoms with E-state index in [2.05, 4.69) is 15.3 Å². The third-order valence-electron chi connectivity index (χ3n) is 5.58. The Labute approximate surface area is 170 Å². The third-order valence-corrected chi connectivity index (χ3v) is 6.63. The first-order valence-corrected chi connectivity index (χ1v) is 11.6. The Balaban J connectivity index is 1.56. The minimum Gasteiger partial charge on any atom is -0.324 e. The van der Waals surface area contributed by atoms with Gasteiger partial charge >= 0.3 is 0 Å². The number of nitrogens with one attached hydrogen (secondary N) is 1. The molecule has 1 aromatic heterocycles. The molecule has 1 N–H and O–H groups in total. The van der Waals surface area contributed by atoms with Gasteiger partial charge < -0.3 is 10.2 Å². The minimum absolute atomic E-state index is 0.127. The van der Waals surface area contributed by atoms with E-state index in [1.165, 1.54) is 23.9 Å². The van der Waals surface area contributed by atoms with Crippen LogP contribution in [0.15, 0.2) is 24.2 Å². The van der Waals surface area contributed by atoms with Crippen LogP contribution in [0.2, 0.25) is 0 Å². The Bertz CT molecular complexity index is 969. The molecule has 1 aliphatic carbocycles. The molecular formula is C19H25N5O4S. The number of hydrogen-bond donors (Lipinski definition) is 1. The lowest BCUT2D eigenvalue weighted by Crippen LogP contribution is -2.43. The monoisotopic (exact) mass is 419 g/mol. The predicted molar refractivity (Wildman–Crippen MR) is 105 cm³/mol. The lowest BCUT2D eigenvalue weighted by atomic mass is 9.89. The van der Waals surface area contributed by atoms with Crippen molar-refractivity contribution in [3.05, 3.63) is 35.6 Å². The highest BCUT2D eigenvalue weighted by Gasteiger charge is 2.54. The van der Waals surface area contributed by atoms with Gasteiger partial charge in [0.2, 0.25) is 15.9 Å². The van der Waals surface area contributed by atoms with E-state index in [0.29, 0.717) is 18.3 Å². The van der Waals surface area contributed by atoms with Gasteiger partial charge in [-0.05, 0) is 24.8 Å². The fourth-order valence-electron chi connectivity index (χ4n) is 4.02. The van der Waals surface area contributed by atoms with Gasteiger partial charge in [-0.15, -0.1) is 0 Å². The second-order valence-electron chi connectivity index (χ2n) is 8.21. The molecule has 156 valence electrons. The summed E-state index contributed by atoms with van der Waals surface area (Å²) in [6.45, 7) is 4.55. The average Bonchev–Trinajstić information content (AvgIpc) is 3.31. The van der Waals surface area contributed by atoms with Crippen molar-refractivity contribution in [3.63, 3.8) is 0 Å². The summed E-state index contributed by atoms with van der Waals surface area (Å²) >= 11 is 0. The maximum absolute atomic E-state index is 13.1. The second kappa shape index (κ2) is 7.17. The largest absolute Gasteiger partial charge is 0.324 e. The van der Waals surface area contributed by atoms with E-state index in [-0.39, 0.29) is 24.1 Å². The molecule has 0 radical (unpaired) electrons. The quantitative estimate of drug-likeness (QED) is 0.715. The molecule has 2 atom stereocenters. The molecule has 29 heavy (non-hydrogen) atoms. The predicted octanol–water partition coefficient (Wildman–Crippen LogP) is 0.511. The maximum atomic E-state index is 13.1. The molecular weight excluding hydrogens is 394 g/mol. The smallest absolute Gasteiger partial charge is 0.274 e. The van der Waals surface area contributed by atoms with E-state index in [9.17, 15) is 18.0 Å². The molecule has 0 aromatic carbocycles. The topological polar surface area (TPSA) is 113 Å². The van der Waals surface area contributed by atoms with E-state index in [1.54, 1.807) is 12.3 Å². The highest BCUT2D eigenvalue weighted by atomic mass is 32.2. The van der Waals surface area contributed by atoms with Crippen molar-refractivity contribution in [2.24, 2.45) is 11.8 Å². The van der Waals surface area contributed by atoms with Gasteiger partial charge in [0.15, 0.2) is 0 Å². The van der Waals surface area contributed by atoms with Gasteiger partial charge in [0.25, 0.3) is 5.91 Å². The molecule has 1 saturated heterocycles. The SMILES string of the molecule is CC(C)[C@H]1C(=O)N(S(C)(=O)=O)C2=CCN(C(=O)c3cnc(CNC4CC4)cn3)[C@@H]21. The molecule has 3 aliphatic rings. The number of rotatable bonds is 6. The Morgan fingerprint density at radius 1 is 1.28 bits per heavy atom. The molecule has 4 rings (SSSR count). The standard InChI is InChI=1S/C19H25N5O4S/c1-11(2)16-17-15(24(19(16)26)29(3,27)28)6-7-23(17)18(25)14-10-21-13(9-22-14)8-20-12-4-5-12/h6,9-12,16-17,20H,4-5,7-8H2,1-3H3/t16-,17+/m1/s1. The van der Waals surface area contributed by atoms with E-state index in [0.717, 1.165) is 16.3 Å². The number of carbonyl (C=O) groups excluding carboxylic acids is 2. The van der Waals surface area contributed by atoms with Gasteiger partial charge in [-0.2, -0.15) is 0 Å². The van der Waals surface area contributed by atoms with Crippen LogP contribution >= 0.6 is 0 Å². The van der Waals surface area contributed by atoms with Crippen LogP contribution in [0.25, 0.3) is 0 Å². The van der Waals surface area contributed by atoms with Gasteiger partial charge in [0, 0.05) is 19.1 Å². The fourth-order valence-corrected chi connectivity index (χ4v) is 5.03. The van der Waals surface area contributed by atoms with Gasteiger partial charge in [0.05, 0.1) is 42.0 Å². The van der Waals surface area contributed by atoms with E-state index >= 15 is 0 Å². The van der Waals surface area contributed by atoms with E-state index < -0.39 is 27.9 Å². The van der Waals surface area contributed by atoms with Crippen LogP contribution in [0, 0.1) is 11.8 Å². The zero-order valence-corrected chi connectivity index (χ0v) is 17.5. The molecule has 2 fully saturated rings. The minimum atomic E-state index is -3.76. The molecule has 0 bridgehead atoms. The molecule has 2 aliphatic heterocycles. The van der Waals surface area contributed by atoms with Crippen LogP contribution < -0.4 is 5.32 Å². The molecule has 9 nitrogen and oxygen atoms in total. The summed E-state index contributed by atoms with van der Waals surface area (Å²) < 4.78 is 25.2. The number of sulfonamides is 1. The zero-order chi connectivity index (χ0) is 20.9. The summed E-state index contributed by atoms with van der Waals surface area (Å²) in [6, 6.07) is -0.0550. The normalized spacial score (nSPS) is 24.3. The van der Waals surface area contributed by atoms with Gasteiger partial charge in [-0.3, -0.25) is 14.6 Å². The summed E-state index contributed by atoms with van der Waals surface area (Å²) in [5.74, 6) is -1.58. The summed E-state index contributed by atoms with van der Waals surface area (Å²) in [5, 5.41) is 3.34. The van der Waals surface area contributed by atoms with Crippen molar-refractivity contribution in [2.45, 2.75) is 45.3 Å². The fraction of sp³-hybridized carbons (Fsp3) is 0.579. The van der Waals surface area contributed by atoms with E-state index in [1.807, 2.05) is 13.8 Å². The van der Waals surface area contributed by atoms with Crippen molar-refractivity contribution < 1.29 is 18.0 Å². The van der Waals surface area contributed by atoms with Crippen LogP contribution in [-0.4, -0.2) is 64.3 Å². The summed E-state index contributed by atoms with van der Waals surface area (Å²) in [6.07, 6.45) is 8.03. The summed E-state index contributed by atoms with van der Waals surface area (Å²) in [5.41, 5.74) is 1.30. The first-order valence-electron chi connectivity index (χ1n) is 9.78. The third kappa shape index (κ3) is 3.66. The van der Waals surface area contributed by atoms with Gasteiger partial charge in [-0.1, -0.05) is 13.8 Å². The van der Waals surface area contributed by atoms with Crippen LogP contribution in [0.4, 0.5) is 0 Å². The van der Waals surface area contributed by atoms with Gasteiger partial charge in [-0.25, -0.2) is 17.7 Å². The Hall–Kier alpha value is -2.33. The Morgan fingerprint density at radius 2 is 2.00 bits per heavy atom. The Kier molecular flexibility index (Phi) is 4.94. The lowest BCUT2D eigenvalue weighted by molar-refractivity contribution is -0.128. The van der Waals surface area contributed by atoms with Crippen LogP contribution in [0.5, 0.6) is 0 Å². The van der Waals surface area contributed by atoms with Crippen molar-refractivity contribution in [1.29, 1.82) is 0 Å². The number of carbonyl (C=O) groups is 2. The number of hydrogen-bond acceptors (Lipinski definition) is 7. The van der Waals surface area contributed by atoms with Crippen molar-refractivity contribution in [1.82, 2.24) is 24.5 Å². The van der Waals surface area contributed by atoms with E-state index in [4.69, 9.17) is 0 Å². The molecule has 1 aromatic rings. The number of nitrogens with zero attached hydrogens (tertiary/aromatic N) is 4. The molecule has 10 heteroatoms. The number of fused-ring (bicyclic) bond motifs is 1. The first kappa shape index (κ1) is 20.0. The molecule has 1 saturated carbocycles. The first-order chi connectivity index (χ1) is 13.7. The molecule has 0 unspecified atom stereocenters. The van der Waals surface area contributed by atoms with Crippen LogP contribution in [-0.2, 0) is 21.4 Å². The average molecular weight is 420 g/mol. The Morgan fingerprint density at radius 3 is 2.55 bits per heavy atom. The summed E-state index contributed by atoms with van der Waals surface area (Å²) in [4.78, 5) is 36.0. The number of aromatic nitrogens is 2. The molecule has 2 amide bonds. The molecule has 3 heterocycles. The van der Waals surface area contributed by atoms with Crippen molar-refractivity contribution in [2.75, 3.05) is 12.8 Å². The maximum Gasteiger partial charge on any atom is 0.274 e. The summed E-state index contributed by atoms with van der Waals surface area (Å²) in [7, 11) is -3.76. The van der Waals surface area contributed by atoms with Crippen molar-refractivity contribution in [3.8, 4) is 0 Å². The van der Waals surface area contributed by atoms with Gasteiger partial charge in [0.1, 0.15) is 5.69 Å².